The minimum atomic E-state index is -0.433. The Morgan fingerprint density at radius 3 is 3.00 bits per heavy atom. The summed E-state index contributed by atoms with van der Waals surface area (Å²) in [6.45, 7) is 3.42. The lowest BCUT2D eigenvalue weighted by Crippen LogP contribution is -2.34. The first-order chi connectivity index (χ1) is 9.45. The number of ether oxygens (including phenoxy) is 1. The Bertz CT molecular complexity index is 648. The average molecular weight is 341 g/mol. The molecule has 1 N–H and O–H groups in total. The van der Waals surface area contributed by atoms with Gasteiger partial charge in [-0.2, -0.15) is 0 Å². The van der Waals surface area contributed by atoms with Crippen molar-refractivity contribution in [1.82, 2.24) is 10.1 Å². The molecule has 0 spiro atoms. The van der Waals surface area contributed by atoms with Crippen molar-refractivity contribution in [2.24, 2.45) is 0 Å². The Hall–Kier alpha value is -1.96. The van der Waals surface area contributed by atoms with E-state index in [0.29, 0.717) is 15.9 Å². The Morgan fingerprint density at radius 1 is 1.55 bits per heavy atom. The average Bonchev–Trinajstić information content (AvgIpc) is 2.36. The van der Waals surface area contributed by atoms with Crippen LogP contribution in [-0.2, 0) is 9.53 Å². The minimum absolute atomic E-state index is 0.0792. The van der Waals surface area contributed by atoms with E-state index in [1.807, 2.05) is 0 Å². The fourth-order valence-corrected chi connectivity index (χ4v) is 1.90. The summed E-state index contributed by atoms with van der Waals surface area (Å²) in [6.07, 6.45) is -0.191. The van der Waals surface area contributed by atoms with Gasteiger partial charge >= 0.3 is 5.97 Å². The molecule has 1 aromatic heterocycles. The van der Waals surface area contributed by atoms with E-state index in [9.17, 15) is 10.0 Å². The first-order valence-corrected chi connectivity index (χ1v) is 6.75. The highest BCUT2D eigenvalue weighted by Gasteiger charge is 2.12. The van der Waals surface area contributed by atoms with Crippen molar-refractivity contribution in [1.29, 1.82) is 0 Å². The number of nitrogens with one attached hydrogen (secondary N) is 1. The smallest absolute Gasteiger partial charge is 0.325 e. The number of esters is 1. The molecule has 8 heteroatoms. The topological polar surface area (TPSA) is 91.0 Å². The molecule has 2 rings (SSSR count). The number of aromatic nitrogens is 3. The molecule has 0 radical (unpaired) electrons. The molecule has 0 saturated heterocycles. The summed E-state index contributed by atoms with van der Waals surface area (Å²) in [5, 5.41) is 18.1. The van der Waals surface area contributed by atoms with Crippen molar-refractivity contribution in [3.05, 3.63) is 27.9 Å². The molecule has 0 atom stereocenters. The van der Waals surface area contributed by atoms with Crippen LogP contribution in [0.4, 0.5) is 5.95 Å². The molecule has 7 nitrogen and oxygen atoms in total. The number of nitrogens with zero attached hydrogens (tertiary/aromatic N) is 3. The van der Waals surface area contributed by atoms with Crippen molar-refractivity contribution in [3.63, 3.8) is 0 Å². The van der Waals surface area contributed by atoms with Gasteiger partial charge in [-0.25, -0.2) is 4.98 Å². The second kappa shape index (κ2) is 6.00. The van der Waals surface area contributed by atoms with Gasteiger partial charge in [-0.3, -0.25) is 4.79 Å². The van der Waals surface area contributed by atoms with E-state index in [-0.39, 0.29) is 18.6 Å². The maximum atomic E-state index is 11.8. The van der Waals surface area contributed by atoms with Crippen molar-refractivity contribution in [3.8, 4) is 0 Å². The number of carbonyl (C=O) groups is 1. The zero-order valence-electron chi connectivity index (χ0n) is 11.0. The van der Waals surface area contributed by atoms with Crippen LogP contribution in [0, 0.1) is 5.21 Å². The van der Waals surface area contributed by atoms with Crippen LogP contribution in [0.25, 0.3) is 11.0 Å². The van der Waals surface area contributed by atoms with E-state index in [0.717, 1.165) is 4.47 Å². The third-order valence-corrected chi connectivity index (χ3v) is 2.81. The predicted molar refractivity (Wildman–Crippen MR) is 75.9 cm³/mol. The van der Waals surface area contributed by atoms with E-state index in [4.69, 9.17) is 4.74 Å². The largest absolute Gasteiger partial charge is 0.594 e. The van der Waals surface area contributed by atoms with Gasteiger partial charge in [0.2, 0.25) is 0 Å². The van der Waals surface area contributed by atoms with Crippen LogP contribution in [0.5, 0.6) is 0 Å². The number of rotatable bonds is 4. The normalized spacial score (nSPS) is 10.8. The summed E-state index contributed by atoms with van der Waals surface area (Å²) in [6, 6.07) is 5.08. The molecule has 1 heterocycles. The van der Waals surface area contributed by atoms with Crippen LogP contribution < -0.4 is 10.2 Å². The zero-order chi connectivity index (χ0) is 14.7. The highest BCUT2D eigenvalue weighted by atomic mass is 79.9. The van der Waals surface area contributed by atoms with Crippen LogP contribution >= 0.6 is 15.9 Å². The van der Waals surface area contributed by atoms with Crippen molar-refractivity contribution in [2.45, 2.75) is 20.0 Å². The molecule has 0 bridgehead atoms. The van der Waals surface area contributed by atoms with Gasteiger partial charge in [-0.1, -0.05) is 15.9 Å². The molecular weight excluding hydrogens is 328 g/mol. The van der Waals surface area contributed by atoms with E-state index >= 15 is 0 Å². The van der Waals surface area contributed by atoms with Gasteiger partial charge in [-0.15, -0.1) is 0 Å². The number of hydrogen-bond donors (Lipinski definition) is 1. The van der Waals surface area contributed by atoms with E-state index in [2.05, 4.69) is 31.3 Å². The van der Waals surface area contributed by atoms with Crippen LogP contribution in [0.2, 0.25) is 0 Å². The molecule has 1 aromatic carbocycles. The van der Waals surface area contributed by atoms with Crippen LogP contribution in [0.3, 0.4) is 0 Å². The summed E-state index contributed by atoms with van der Waals surface area (Å²) in [5.41, 5.74) is 0.826. The number of fused-ring (bicyclic) bond motifs is 1. The van der Waals surface area contributed by atoms with Crippen LogP contribution in [-0.4, -0.2) is 28.7 Å². The molecule has 0 amide bonds. The standard InChI is InChI=1S/C12H13BrN4O3/c1-7(2)20-11(18)6-14-12-15-9-4-3-8(13)5-10(9)17(19)16-12/h3-5,7H,6H2,1-2H3,(H,14,15,16). The van der Waals surface area contributed by atoms with Crippen molar-refractivity contribution in [2.75, 3.05) is 11.9 Å². The molecular formula is C12H13BrN4O3. The van der Waals surface area contributed by atoms with Gasteiger partial charge in [0, 0.05) is 10.5 Å². The lowest BCUT2D eigenvalue weighted by molar-refractivity contribution is -0.641. The number of hydrogen-bond acceptors (Lipinski definition) is 6. The van der Waals surface area contributed by atoms with Gasteiger partial charge in [0.15, 0.2) is 0 Å². The highest BCUT2D eigenvalue weighted by Crippen LogP contribution is 2.15. The van der Waals surface area contributed by atoms with Gasteiger partial charge in [0.25, 0.3) is 11.5 Å². The molecule has 0 unspecified atom stereocenters. The molecule has 0 saturated carbocycles. The Balaban J connectivity index is 2.15. The number of halogens is 1. The van der Waals surface area contributed by atoms with Gasteiger partial charge in [-0.05, 0) is 30.8 Å². The summed E-state index contributed by atoms with van der Waals surface area (Å²) in [5.74, 6) is -0.354. The fourth-order valence-electron chi connectivity index (χ4n) is 1.55. The SMILES string of the molecule is CC(C)OC(=O)CNc1nc2ccc(Br)cc2[n+]([O-])n1. The third kappa shape index (κ3) is 3.53. The Labute approximate surface area is 123 Å². The lowest BCUT2D eigenvalue weighted by Gasteiger charge is -2.08. The zero-order valence-corrected chi connectivity index (χ0v) is 12.5. The fraction of sp³-hybridized carbons (Fsp3) is 0.333. The van der Waals surface area contributed by atoms with Crippen LogP contribution in [0.15, 0.2) is 22.7 Å². The maximum absolute atomic E-state index is 11.8. The van der Waals surface area contributed by atoms with Gasteiger partial charge in [0.1, 0.15) is 12.1 Å². The molecule has 20 heavy (non-hydrogen) atoms. The molecule has 2 aromatic rings. The summed E-state index contributed by atoms with van der Waals surface area (Å²) >= 11 is 3.27. The quantitative estimate of drug-likeness (QED) is 0.513. The van der Waals surface area contributed by atoms with E-state index < -0.39 is 5.97 Å². The monoisotopic (exact) mass is 340 g/mol. The lowest BCUT2D eigenvalue weighted by atomic mass is 10.3. The molecule has 0 aliphatic heterocycles. The third-order valence-electron chi connectivity index (χ3n) is 2.31. The van der Waals surface area contributed by atoms with E-state index in [1.165, 1.54) is 0 Å². The number of benzene rings is 1. The Morgan fingerprint density at radius 2 is 2.30 bits per heavy atom. The molecule has 0 aliphatic carbocycles. The van der Waals surface area contributed by atoms with Crippen LogP contribution in [0.1, 0.15) is 13.8 Å². The second-order valence-electron chi connectivity index (χ2n) is 4.33. The Kier molecular flexibility index (Phi) is 4.33. The summed E-state index contributed by atoms with van der Waals surface area (Å²) in [7, 11) is 0. The van der Waals surface area contributed by atoms with E-state index in [1.54, 1.807) is 32.0 Å². The van der Waals surface area contributed by atoms with Crippen molar-refractivity contribution < 1.29 is 14.4 Å². The maximum Gasteiger partial charge on any atom is 0.325 e. The highest BCUT2D eigenvalue weighted by molar-refractivity contribution is 9.10. The van der Waals surface area contributed by atoms with Gasteiger partial charge in [0.05, 0.1) is 11.2 Å². The first-order valence-electron chi connectivity index (χ1n) is 5.96. The van der Waals surface area contributed by atoms with Gasteiger partial charge < -0.3 is 15.3 Å². The molecule has 106 valence electrons. The predicted octanol–water partition coefficient (Wildman–Crippen LogP) is 1.39. The molecule has 0 aliphatic rings. The first kappa shape index (κ1) is 14.4. The minimum Gasteiger partial charge on any atom is -0.594 e. The molecule has 0 fully saturated rings. The number of carbonyl (C=O) groups excluding carboxylic acids is 1. The number of anilines is 1. The summed E-state index contributed by atoms with van der Waals surface area (Å²) in [4.78, 5) is 16.0. The van der Waals surface area contributed by atoms with Crippen molar-refractivity contribution >= 4 is 38.9 Å². The second-order valence-corrected chi connectivity index (χ2v) is 5.25. The summed E-state index contributed by atoms with van der Waals surface area (Å²) < 4.78 is 5.72.